The van der Waals surface area contributed by atoms with Crippen LogP contribution in [-0.4, -0.2) is 16.7 Å². The van der Waals surface area contributed by atoms with E-state index in [1.54, 1.807) is 0 Å². The molecule has 0 aliphatic heterocycles. The fourth-order valence-electron chi connectivity index (χ4n) is 0.566. The summed E-state index contributed by atoms with van der Waals surface area (Å²) in [6, 6.07) is 0. The van der Waals surface area contributed by atoms with Crippen LogP contribution in [0.2, 0.25) is 0 Å². The standard InChI is InChI=1S/C5H9N3O2/c1-3(2-6)4-7-5(9)10-8-4/h3H,2,6H2,1H3,(H,7,8,9). The van der Waals surface area contributed by atoms with Gasteiger partial charge in [0, 0.05) is 12.5 Å². The summed E-state index contributed by atoms with van der Waals surface area (Å²) in [6.07, 6.45) is 0. The maximum absolute atomic E-state index is 10.4. The highest BCUT2D eigenvalue weighted by Gasteiger charge is 2.07. The molecule has 1 unspecified atom stereocenters. The summed E-state index contributed by atoms with van der Waals surface area (Å²) >= 11 is 0. The molecule has 0 amide bonds. The van der Waals surface area contributed by atoms with E-state index in [2.05, 4.69) is 14.7 Å². The predicted octanol–water partition coefficient (Wildman–Crippen LogP) is -0.575. The van der Waals surface area contributed by atoms with Gasteiger partial charge in [-0.1, -0.05) is 12.1 Å². The van der Waals surface area contributed by atoms with Crippen molar-refractivity contribution >= 4 is 0 Å². The topological polar surface area (TPSA) is 84.9 Å². The summed E-state index contributed by atoms with van der Waals surface area (Å²) < 4.78 is 4.27. The van der Waals surface area contributed by atoms with Gasteiger partial charge in [0.25, 0.3) is 0 Å². The number of nitrogens with zero attached hydrogens (tertiary/aromatic N) is 1. The zero-order valence-corrected chi connectivity index (χ0v) is 5.63. The minimum atomic E-state index is -0.532. The highest BCUT2D eigenvalue weighted by molar-refractivity contribution is 4.89. The molecule has 0 radical (unpaired) electrons. The van der Waals surface area contributed by atoms with Crippen LogP contribution in [-0.2, 0) is 0 Å². The Morgan fingerprint density at radius 2 is 2.60 bits per heavy atom. The van der Waals surface area contributed by atoms with Crippen LogP contribution in [0.25, 0.3) is 0 Å². The molecular weight excluding hydrogens is 134 g/mol. The number of H-pyrrole nitrogens is 1. The molecule has 5 heteroatoms. The van der Waals surface area contributed by atoms with E-state index < -0.39 is 5.76 Å². The van der Waals surface area contributed by atoms with Gasteiger partial charge in [0.1, 0.15) is 0 Å². The molecule has 0 saturated carbocycles. The Bertz CT molecular complexity index is 251. The number of nitrogens with one attached hydrogen (secondary N) is 1. The lowest BCUT2D eigenvalue weighted by Gasteiger charge is -1.98. The van der Waals surface area contributed by atoms with Gasteiger partial charge in [-0.25, -0.2) is 4.79 Å². The SMILES string of the molecule is CC(CN)c1noc(=O)[nH]1. The second-order valence-electron chi connectivity index (χ2n) is 2.12. The van der Waals surface area contributed by atoms with Crippen molar-refractivity contribution in [2.75, 3.05) is 6.54 Å². The minimum absolute atomic E-state index is 0.0476. The van der Waals surface area contributed by atoms with Crippen molar-refractivity contribution in [1.82, 2.24) is 10.1 Å². The predicted molar refractivity (Wildman–Crippen MR) is 34.6 cm³/mol. The average molecular weight is 143 g/mol. The van der Waals surface area contributed by atoms with Gasteiger partial charge in [0.15, 0.2) is 5.82 Å². The molecule has 0 spiro atoms. The van der Waals surface area contributed by atoms with Gasteiger partial charge in [-0.2, -0.15) is 0 Å². The first kappa shape index (κ1) is 7.01. The monoisotopic (exact) mass is 143 g/mol. The number of aromatic nitrogens is 2. The molecule has 0 fully saturated rings. The number of hydrogen-bond acceptors (Lipinski definition) is 4. The average Bonchev–Trinajstić information content (AvgIpc) is 2.34. The molecule has 1 rings (SSSR count). The lowest BCUT2D eigenvalue weighted by atomic mass is 10.2. The molecule has 0 aliphatic carbocycles. The van der Waals surface area contributed by atoms with Crippen molar-refractivity contribution in [2.24, 2.45) is 5.73 Å². The maximum Gasteiger partial charge on any atom is 0.438 e. The number of rotatable bonds is 2. The molecule has 5 nitrogen and oxygen atoms in total. The first-order chi connectivity index (χ1) is 4.74. The molecule has 3 N–H and O–H groups in total. The van der Waals surface area contributed by atoms with Crippen LogP contribution in [0.4, 0.5) is 0 Å². The molecule has 0 aromatic carbocycles. The first-order valence-corrected chi connectivity index (χ1v) is 3.00. The Kier molecular flexibility index (Phi) is 1.86. The molecule has 1 aromatic rings. The van der Waals surface area contributed by atoms with Gasteiger partial charge in [0.05, 0.1) is 0 Å². The van der Waals surface area contributed by atoms with Gasteiger partial charge in [0.2, 0.25) is 0 Å². The van der Waals surface area contributed by atoms with E-state index in [4.69, 9.17) is 5.73 Å². The van der Waals surface area contributed by atoms with Crippen LogP contribution >= 0.6 is 0 Å². The Labute approximate surface area is 57.2 Å². The molecular formula is C5H9N3O2. The Hall–Kier alpha value is -1.10. The number of hydrogen-bond donors (Lipinski definition) is 2. The van der Waals surface area contributed by atoms with E-state index in [1.165, 1.54) is 0 Å². The Balaban J connectivity index is 2.84. The fraction of sp³-hybridized carbons (Fsp3) is 0.600. The maximum atomic E-state index is 10.4. The van der Waals surface area contributed by atoms with Crippen LogP contribution in [0.1, 0.15) is 18.7 Å². The highest BCUT2D eigenvalue weighted by atomic mass is 16.5. The third-order valence-electron chi connectivity index (χ3n) is 1.28. The van der Waals surface area contributed by atoms with Crippen LogP contribution in [0.3, 0.4) is 0 Å². The molecule has 1 atom stereocenters. The van der Waals surface area contributed by atoms with Crippen molar-refractivity contribution in [3.8, 4) is 0 Å². The van der Waals surface area contributed by atoms with Gasteiger partial charge in [-0.05, 0) is 0 Å². The van der Waals surface area contributed by atoms with Crippen molar-refractivity contribution in [3.05, 3.63) is 16.4 Å². The Morgan fingerprint density at radius 1 is 1.90 bits per heavy atom. The van der Waals surface area contributed by atoms with E-state index in [9.17, 15) is 4.79 Å². The van der Waals surface area contributed by atoms with Gasteiger partial charge in [-0.3, -0.25) is 9.51 Å². The van der Waals surface area contributed by atoms with Crippen LogP contribution < -0.4 is 11.5 Å². The summed E-state index contributed by atoms with van der Waals surface area (Å²) in [5.41, 5.74) is 5.31. The molecule has 0 aliphatic rings. The van der Waals surface area contributed by atoms with Crippen molar-refractivity contribution < 1.29 is 4.52 Å². The van der Waals surface area contributed by atoms with Crippen LogP contribution in [0, 0.1) is 0 Å². The summed E-state index contributed by atoms with van der Waals surface area (Å²) in [7, 11) is 0. The van der Waals surface area contributed by atoms with Crippen molar-refractivity contribution in [3.63, 3.8) is 0 Å². The zero-order chi connectivity index (χ0) is 7.56. The van der Waals surface area contributed by atoms with Crippen molar-refractivity contribution in [1.29, 1.82) is 0 Å². The lowest BCUT2D eigenvalue weighted by molar-refractivity contribution is 0.378. The third-order valence-corrected chi connectivity index (χ3v) is 1.28. The van der Waals surface area contributed by atoms with E-state index in [0.717, 1.165) is 0 Å². The summed E-state index contributed by atoms with van der Waals surface area (Å²) in [5.74, 6) is 0.0225. The van der Waals surface area contributed by atoms with Gasteiger partial charge >= 0.3 is 5.76 Å². The Morgan fingerprint density at radius 3 is 3.00 bits per heavy atom. The van der Waals surface area contributed by atoms with E-state index >= 15 is 0 Å². The largest absolute Gasteiger partial charge is 0.438 e. The van der Waals surface area contributed by atoms with E-state index in [-0.39, 0.29) is 5.92 Å². The van der Waals surface area contributed by atoms with Crippen molar-refractivity contribution in [2.45, 2.75) is 12.8 Å². The molecule has 10 heavy (non-hydrogen) atoms. The minimum Gasteiger partial charge on any atom is -0.330 e. The molecule has 56 valence electrons. The second kappa shape index (κ2) is 2.66. The summed E-state index contributed by atoms with van der Waals surface area (Å²) in [5, 5.41) is 3.46. The van der Waals surface area contributed by atoms with Crippen LogP contribution in [0.15, 0.2) is 9.32 Å². The summed E-state index contributed by atoms with van der Waals surface area (Å²) in [4.78, 5) is 12.8. The smallest absolute Gasteiger partial charge is 0.330 e. The number of nitrogens with two attached hydrogens (primary N) is 1. The van der Waals surface area contributed by atoms with Crippen LogP contribution in [0.5, 0.6) is 0 Å². The first-order valence-electron chi connectivity index (χ1n) is 3.00. The second-order valence-corrected chi connectivity index (χ2v) is 2.12. The fourth-order valence-corrected chi connectivity index (χ4v) is 0.566. The van der Waals surface area contributed by atoms with Gasteiger partial charge in [-0.15, -0.1) is 0 Å². The molecule has 1 aromatic heterocycles. The normalized spacial score (nSPS) is 13.4. The molecule has 0 bridgehead atoms. The van der Waals surface area contributed by atoms with E-state index in [1.807, 2.05) is 6.92 Å². The van der Waals surface area contributed by atoms with Gasteiger partial charge < -0.3 is 5.73 Å². The van der Waals surface area contributed by atoms with E-state index in [0.29, 0.717) is 12.4 Å². The highest BCUT2D eigenvalue weighted by Crippen LogP contribution is 2.03. The summed E-state index contributed by atoms with van der Waals surface area (Å²) in [6.45, 7) is 2.30. The third kappa shape index (κ3) is 1.24. The zero-order valence-electron chi connectivity index (χ0n) is 5.63. The quantitative estimate of drug-likeness (QED) is 0.580. The lowest BCUT2D eigenvalue weighted by Crippen LogP contribution is -2.11. The number of aromatic amines is 1. The molecule has 1 heterocycles. The molecule has 0 saturated heterocycles.